The monoisotopic (exact) mass is 458 g/mol. The summed E-state index contributed by atoms with van der Waals surface area (Å²) in [5.41, 5.74) is 3.92. The van der Waals surface area contributed by atoms with Crippen LogP contribution in [0.5, 0.6) is 5.75 Å². The van der Waals surface area contributed by atoms with E-state index in [0.717, 1.165) is 16.7 Å². The van der Waals surface area contributed by atoms with Gasteiger partial charge in [-0.2, -0.15) is 0 Å². The van der Waals surface area contributed by atoms with Gasteiger partial charge in [0, 0.05) is 16.7 Å². The number of halogens is 3. The van der Waals surface area contributed by atoms with Crippen molar-refractivity contribution in [2.45, 2.75) is 6.10 Å². The second-order valence-corrected chi connectivity index (χ2v) is 8.07. The average molecular weight is 458 g/mol. The van der Waals surface area contributed by atoms with Crippen molar-refractivity contribution in [1.82, 2.24) is 0 Å². The van der Waals surface area contributed by atoms with Crippen molar-refractivity contribution in [3.63, 3.8) is 0 Å². The fourth-order valence-electron chi connectivity index (χ4n) is 3.85. The molecule has 5 heteroatoms. The van der Waals surface area contributed by atoms with Gasteiger partial charge in [-0.1, -0.05) is 72.8 Å². The molecule has 1 atom stereocenters. The highest BCUT2D eigenvalue weighted by atomic mass is 19.2. The lowest BCUT2D eigenvalue weighted by atomic mass is 10.00. The molecule has 1 aliphatic rings. The van der Waals surface area contributed by atoms with E-state index in [0.29, 0.717) is 23.5 Å². The second-order valence-electron chi connectivity index (χ2n) is 8.07. The molecule has 4 aromatic carbocycles. The molecule has 0 bridgehead atoms. The molecule has 170 valence electrons. The Bertz CT molecular complexity index is 1360. The van der Waals surface area contributed by atoms with Crippen LogP contribution in [0.15, 0.2) is 78.9 Å². The number of rotatable bonds is 6. The third-order valence-corrected chi connectivity index (χ3v) is 5.89. The molecule has 0 N–H and O–H groups in total. The summed E-state index contributed by atoms with van der Waals surface area (Å²) in [6.45, 7) is 0.562. The Morgan fingerprint density at radius 1 is 0.765 bits per heavy atom. The molecule has 34 heavy (non-hydrogen) atoms. The number of hydrogen-bond donors (Lipinski definition) is 0. The highest BCUT2D eigenvalue weighted by Gasteiger charge is 2.27. The number of benzene rings is 4. The fraction of sp³-hybridized carbons (Fsp3) is 0.103. The first-order chi connectivity index (χ1) is 16.5. The van der Waals surface area contributed by atoms with Gasteiger partial charge in [0.25, 0.3) is 0 Å². The molecule has 4 aromatic rings. The highest BCUT2D eigenvalue weighted by Crippen LogP contribution is 2.34. The topological polar surface area (TPSA) is 21.8 Å². The molecule has 5 rings (SSSR count). The minimum atomic E-state index is -0.906. The summed E-state index contributed by atoms with van der Waals surface area (Å²) in [5, 5.41) is 0. The van der Waals surface area contributed by atoms with E-state index in [1.165, 1.54) is 12.1 Å². The van der Waals surface area contributed by atoms with Crippen molar-refractivity contribution in [3.8, 4) is 28.0 Å². The number of hydrogen-bond acceptors (Lipinski definition) is 2. The standard InChI is InChI=1S/C29H21F3O2/c1-33-23-12-8-20(9-13-23)24-14-10-21(28(31)29(24)32)7-4-18-2-5-19(6-3-18)22-11-15-25(26(30)16-22)27-17-34-27/h2-16,27H,17H2,1H3/b7-4+. The quantitative estimate of drug-likeness (QED) is 0.218. The van der Waals surface area contributed by atoms with Crippen LogP contribution in [0.1, 0.15) is 22.8 Å². The molecule has 1 unspecified atom stereocenters. The molecular weight excluding hydrogens is 437 g/mol. The van der Waals surface area contributed by atoms with Crippen molar-refractivity contribution < 1.29 is 22.6 Å². The molecule has 0 radical (unpaired) electrons. The summed E-state index contributed by atoms with van der Waals surface area (Å²) in [5.74, 6) is -1.44. The Hall–Kier alpha value is -3.83. The maximum absolute atomic E-state index is 14.7. The summed E-state index contributed by atoms with van der Waals surface area (Å²) in [4.78, 5) is 0. The summed E-state index contributed by atoms with van der Waals surface area (Å²) >= 11 is 0. The van der Waals surface area contributed by atoms with Gasteiger partial charge in [0.05, 0.1) is 13.7 Å². The maximum atomic E-state index is 14.7. The van der Waals surface area contributed by atoms with Crippen molar-refractivity contribution in [1.29, 1.82) is 0 Å². The van der Waals surface area contributed by atoms with Crippen LogP contribution in [0.3, 0.4) is 0 Å². The van der Waals surface area contributed by atoms with Crippen LogP contribution in [0.2, 0.25) is 0 Å². The molecule has 1 fully saturated rings. The second kappa shape index (κ2) is 9.20. The number of ether oxygens (including phenoxy) is 2. The van der Waals surface area contributed by atoms with Gasteiger partial charge < -0.3 is 9.47 Å². The first-order valence-electron chi connectivity index (χ1n) is 10.9. The van der Waals surface area contributed by atoms with Crippen LogP contribution < -0.4 is 4.74 Å². The molecule has 0 spiro atoms. The number of epoxide rings is 1. The van der Waals surface area contributed by atoms with E-state index < -0.39 is 11.6 Å². The van der Waals surface area contributed by atoms with Crippen molar-refractivity contribution in [2.75, 3.05) is 13.7 Å². The highest BCUT2D eigenvalue weighted by molar-refractivity contribution is 5.74. The molecule has 1 heterocycles. The molecule has 0 aliphatic carbocycles. The first-order valence-corrected chi connectivity index (χ1v) is 10.9. The van der Waals surface area contributed by atoms with Gasteiger partial charge in [0.15, 0.2) is 11.6 Å². The largest absolute Gasteiger partial charge is 0.497 e. The molecular formula is C29H21F3O2. The molecule has 1 aliphatic heterocycles. The first kappa shape index (κ1) is 22.0. The smallest absolute Gasteiger partial charge is 0.167 e. The fourth-order valence-corrected chi connectivity index (χ4v) is 3.85. The van der Waals surface area contributed by atoms with Gasteiger partial charge in [-0.3, -0.25) is 0 Å². The van der Waals surface area contributed by atoms with E-state index in [4.69, 9.17) is 9.47 Å². The molecule has 2 nitrogen and oxygen atoms in total. The Morgan fingerprint density at radius 2 is 1.44 bits per heavy atom. The van der Waals surface area contributed by atoms with Gasteiger partial charge >= 0.3 is 0 Å². The molecule has 1 saturated heterocycles. The minimum Gasteiger partial charge on any atom is -0.497 e. The zero-order valence-electron chi connectivity index (χ0n) is 18.4. The predicted molar refractivity (Wildman–Crippen MR) is 128 cm³/mol. The Morgan fingerprint density at radius 3 is 2.09 bits per heavy atom. The van der Waals surface area contributed by atoms with Gasteiger partial charge in [-0.05, 0) is 40.5 Å². The minimum absolute atomic E-state index is 0.128. The third-order valence-electron chi connectivity index (χ3n) is 5.89. The van der Waals surface area contributed by atoms with E-state index in [-0.39, 0.29) is 23.0 Å². The molecule has 0 amide bonds. The van der Waals surface area contributed by atoms with Gasteiger partial charge in [-0.15, -0.1) is 0 Å². The molecule has 0 aromatic heterocycles. The lowest BCUT2D eigenvalue weighted by molar-refractivity contribution is 0.408. The summed E-state index contributed by atoms with van der Waals surface area (Å²) in [7, 11) is 1.55. The van der Waals surface area contributed by atoms with Crippen LogP contribution in [0.4, 0.5) is 13.2 Å². The zero-order valence-corrected chi connectivity index (χ0v) is 18.4. The third kappa shape index (κ3) is 4.47. The molecule has 0 saturated carbocycles. The lowest BCUT2D eigenvalue weighted by Gasteiger charge is -2.08. The average Bonchev–Trinajstić information content (AvgIpc) is 3.71. The summed E-state index contributed by atoms with van der Waals surface area (Å²) in [6, 6.07) is 22.5. The maximum Gasteiger partial charge on any atom is 0.167 e. The Labute approximate surface area is 195 Å². The van der Waals surface area contributed by atoms with Crippen molar-refractivity contribution in [3.05, 3.63) is 113 Å². The summed E-state index contributed by atoms with van der Waals surface area (Å²) < 4.78 is 54.0. The van der Waals surface area contributed by atoms with Crippen molar-refractivity contribution in [2.24, 2.45) is 0 Å². The van der Waals surface area contributed by atoms with Crippen LogP contribution >= 0.6 is 0 Å². The lowest BCUT2D eigenvalue weighted by Crippen LogP contribution is -1.93. The van der Waals surface area contributed by atoms with Gasteiger partial charge in [-0.25, -0.2) is 13.2 Å². The van der Waals surface area contributed by atoms with E-state index in [1.54, 1.807) is 55.7 Å². The SMILES string of the molecule is COc1ccc(-c2ccc(/C=C/c3ccc(-c4ccc(C5CO5)c(F)c4)cc3)c(F)c2F)cc1. The Kier molecular flexibility index (Phi) is 5.95. The zero-order chi connectivity index (χ0) is 23.7. The predicted octanol–water partition coefficient (Wildman–Crippen LogP) is 7.69. The van der Waals surface area contributed by atoms with Crippen LogP contribution in [0.25, 0.3) is 34.4 Å². The normalized spacial score (nSPS) is 15.0. The van der Waals surface area contributed by atoms with E-state index >= 15 is 0 Å². The van der Waals surface area contributed by atoms with Crippen LogP contribution in [-0.2, 0) is 4.74 Å². The van der Waals surface area contributed by atoms with Crippen LogP contribution in [0, 0.1) is 17.5 Å². The summed E-state index contributed by atoms with van der Waals surface area (Å²) in [6.07, 6.45) is 3.12. The van der Waals surface area contributed by atoms with Gasteiger partial charge in [0.1, 0.15) is 17.7 Å². The van der Waals surface area contributed by atoms with Crippen molar-refractivity contribution >= 4 is 12.2 Å². The Balaban J connectivity index is 1.33. The van der Waals surface area contributed by atoms with Gasteiger partial charge in [0.2, 0.25) is 0 Å². The van der Waals surface area contributed by atoms with E-state index in [2.05, 4.69) is 0 Å². The number of methoxy groups -OCH3 is 1. The van der Waals surface area contributed by atoms with Crippen LogP contribution in [-0.4, -0.2) is 13.7 Å². The van der Waals surface area contributed by atoms with E-state index in [1.807, 2.05) is 30.3 Å². The van der Waals surface area contributed by atoms with E-state index in [9.17, 15) is 13.2 Å².